The fourth-order valence-corrected chi connectivity index (χ4v) is 1.71. The molecule has 0 fully saturated rings. The topological polar surface area (TPSA) is 35.8 Å². The lowest BCUT2D eigenvalue weighted by atomic mass is 10.1. The van der Waals surface area contributed by atoms with E-state index in [2.05, 4.69) is 5.32 Å². The summed E-state index contributed by atoms with van der Waals surface area (Å²) in [5.74, 6) is -1.67. The van der Waals surface area contributed by atoms with E-state index in [9.17, 15) is 22.0 Å². The molecule has 0 aliphatic rings. The van der Waals surface area contributed by atoms with E-state index in [1.807, 2.05) is 0 Å². The zero-order chi connectivity index (χ0) is 15.6. The molecule has 7 heteroatoms. The van der Waals surface area contributed by atoms with E-state index in [4.69, 9.17) is 5.26 Å². The van der Waals surface area contributed by atoms with Gasteiger partial charge in [-0.1, -0.05) is 0 Å². The van der Waals surface area contributed by atoms with E-state index in [1.54, 1.807) is 0 Å². The molecular formula is C14H7F5N2. The molecule has 0 unspecified atom stereocenters. The van der Waals surface area contributed by atoms with Crippen LogP contribution in [-0.2, 0) is 6.18 Å². The van der Waals surface area contributed by atoms with Gasteiger partial charge in [-0.3, -0.25) is 0 Å². The molecule has 0 saturated carbocycles. The lowest BCUT2D eigenvalue weighted by Gasteiger charge is -2.12. The number of hydrogen-bond donors (Lipinski definition) is 1. The predicted octanol–water partition coefficient (Wildman–Crippen LogP) is 4.60. The second kappa shape index (κ2) is 5.40. The first kappa shape index (κ1) is 14.8. The average molecular weight is 298 g/mol. The van der Waals surface area contributed by atoms with Crippen molar-refractivity contribution in [1.29, 1.82) is 5.26 Å². The standard InChI is InChI=1S/C14H7F5N2/c15-9-1-4-13(12(16)6-9)21-10-2-3-11(14(17,18)19)8(5-10)7-20/h1-6,21H. The van der Waals surface area contributed by atoms with Crippen molar-refractivity contribution >= 4 is 11.4 Å². The fourth-order valence-electron chi connectivity index (χ4n) is 1.71. The summed E-state index contributed by atoms with van der Waals surface area (Å²) in [5, 5.41) is 11.3. The Hall–Kier alpha value is -2.62. The number of nitrogens with zero attached hydrogens (tertiary/aromatic N) is 1. The van der Waals surface area contributed by atoms with Crippen LogP contribution in [0.2, 0.25) is 0 Å². The van der Waals surface area contributed by atoms with E-state index in [1.165, 1.54) is 6.07 Å². The summed E-state index contributed by atoms with van der Waals surface area (Å²) >= 11 is 0. The van der Waals surface area contributed by atoms with Crippen LogP contribution in [0.3, 0.4) is 0 Å². The first-order valence-corrected chi connectivity index (χ1v) is 5.64. The van der Waals surface area contributed by atoms with Crippen molar-refractivity contribution in [1.82, 2.24) is 0 Å². The smallest absolute Gasteiger partial charge is 0.353 e. The molecule has 2 aromatic rings. The Balaban J connectivity index is 2.36. The van der Waals surface area contributed by atoms with Gasteiger partial charge >= 0.3 is 6.18 Å². The number of rotatable bonds is 2. The fraction of sp³-hybridized carbons (Fsp3) is 0.0714. The number of nitriles is 1. The molecule has 0 saturated heterocycles. The number of halogens is 5. The van der Waals surface area contributed by atoms with Crippen LogP contribution in [-0.4, -0.2) is 0 Å². The van der Waals surface area contributed by atoms with Crippen LogP contribution in [0.25, 0.3) is 0 Å². The molecule has 2 rings (SSSR count). The maximum absolute atomic E-state index is 13.4. The second-order valence-electron chi connectivity index (χ2n) is 4.12. The third kappa shape index (κ3) is 3.28. The average Bonchev–Trinajstić information content (AvgIpc) is 2.40. The van der Waals surface area contributed by atoms with E-state index >= 15 is 0 Å². The van der Waals surface area contributed by atoms with Crippen molar-refractivity contribution in [2.75, 3.05) is 5.32 Å². The van der Waals surface area contributed by atoms with E-state index < -0.39 is 28.9 Å². The third-order valence-electron chi connectivity index (χ3n) is 2.66. The van der Waals surface area contributed by atoms with Gasteiger partial charge < -0.3 is 5.32 Å². The Labute approximate surface area is 116 Å². The molecule has 0 amide bonds. The van der Waals surface area contributed by atoms with Gasteiger partial charge in [0.25, 0.3) is 0 Å². The van der Waals surface area contributed by atoms with Crippen LogP contribution in [0.4, 0.5) is 33.3 Å². The van der Waals surface area contributed by atoms with Gasteiger partial charge in [0, 0.05) is 11.8 Å². The van der Waals surface area contributed by atoms with Crippen molar-refractivity contribution in [3.05, 3.63) is 59.2 Å². The highest BCUT2D eigenvalue weighted by Crippen LogP contribution is 2.33. The van der Waals surface area contributed by atoms with Gasteiger partial charge in [0.15, 0.2) is 0 Å². The summed E-state index contributed by atoms with van der Waals surface area (Å²) < 4.78 is 64.1. The van der Waals surface area contributed by atoms with Crippen LogP contribution in [0, 0.1) is 23.0 Å². The largest absolute Gasteiger partial charge is 0.417 e. The summed E-state index contributed by atoms with van der Waals surface area (Å²) in [6.07, 6.45) is -4.65. The van der Waals surface area contributed by atoms with E-state index in [-0.39, 0.29) is 11.4 Å². The molecule has 108 valence electrons. The Kier molecular flexibility index (Phi) is 3.80. The highest BCUT2D eigenvalue weighted by molar-refractivity contribution is 5.63. The van der Waals surface area contributed by atoms with Gasteiger partial charge in [0.05, 0.1) is 22.9 Å². The second-order valence-corrected chi connectivity index (χ2v) is 4.12. The van der Waals surface area contributed by atoms with E-state index in [0.717, 1.165) is 30.3 Å². The Morgan fingerprint density at radius 2 is 1.71 bits per heavy atom. The summed E-state index contributed by atoms with van der Waals surface area (Å²) in [4.78, 5) is 0. The number of nitrogens with one attached hydrogen (secondary N) is 1. The minimum atomic E-state index is -4.65. The Morgan fingerprint density at radius 3 is 2.29 bits per heavy atom. The Bertz CT molecular complexity index is 716. The maximum atomic E-state index is 13.4. The summed E-state index contributed by atoms with van der Waals surface area (Å²) in [5.41, 5.74) is -1.68. The first-order chi connectivity index (χ1) is 9.81. The zero-order valence-corrected chi connectivity index (χ0v) is 10.3. The molecule has 0 heterocycles. The zero-order valence-electron chi connectivity index (χ0n) is 10.3. The number of alkyl halides is 3. The molecule has 0 aliphatic carbocycles. The molecule has 2 aromatic carbocycles. The van der Waals surface area contributed by atoms with Crippen molar-refractivity contribution < 1.29 is 22.0 Å². The van der Waals surface area contributed by atoms with Crippen molar-refractivity contribution in [2.24, 2.45) is 0 Å². The molecule has 0 bridgehead atoms. The van der Waals surface area contributed by atoms with Gasteiger partial charge in [-0.2, -0.15) is 18.4 Å². The molecular weight excluding hydrogens is 291 g/mol. The lowest BCUT2D eigenvalue weighted by Crippen LogP contribution is -2.08. The first-order valence-electron chi connectivity index (χ1n) is 5.64. The molecule has 0 aliphatic heterocycles. The van der Waals surface area contributed by atoms with Gasteiger partial charge in [-0.15, -0.1) is 0 Å². The minimum absolute atomic E-state index is 0.0880. The highest BCUT2D eigenvalue weighted by atomic mass is 19.4. The third-order valence-corrected chi connectivity index (χ3v) is 2.66. The monoisotopic (exact) mass is 298 g/mol. The van der Waals surface area contributed by atoms with Crippen molar-refractivity contribution in [3.63, 3.8) is 0 Å². The quantitative estimate of drug-likeness (QED) is 0.822. The van der Waals surface area contributed by atoms with E-state index in [0.29, 0.717) is 6.07 Å². The number of benzene rings is 2. The van der Waals surface area contributed by atoms with Crippen LogP contribution >= 0.6 is 0 Å². The van der Waals surface area contributed by atoms with Gasteiger partial charge in [-0.25, -0.2) is 8.78 Å². The molecule has 21 heavy (non-hydrogen) atoms. The predicted molar refractivity (Wildman–Crippen MR) is 65.8 cm³/mol. The van der Waals surface area contributed by atoms with Crippen LogP contribution in [0.1, 0.15) is 11.1 Å². The summed E-state index contributed by atoms with van der Waals surface area (Å²) in [6.45, 7) is 0. The van der Waals surface area contributed by atoms with Crippen molar-refractivity contribution in [2.45, 2.75) is 6.18 Å². The van der Waals surface area contributed by atoms with Crippen LogP contribution in [0.15, 0.2) is 36.4 Å². The molecule has 0 aromatic heterocycles. The van der Waals surface area contributed by atoms with Gasteiger partial charge in [0.2, 0.25) is 0 Å². The summed E-state index contributed by atoms with van der Waals surface area (Å²) in [7, 11) is 0. The van der Waals surface area contributed by atoms with Crippen LogP contribution < -0.4 is 5.32 Å². The highest BCUT2D eigenvalue weighted by Gasteiger charge is 2.33. The SMILES string of the molecule is N#Cc1cc(Nc2ccc(F)cc2F)ccc1C(F)(F)F. The molecule has 2 nitrogen and oxygen atoms in total. The van der Waals surface area contributed by atoms with Crippen molar-refractivity contribution in [3.8, 4) is 6.07 Å². The Morgan fingerprint density at radius 1 is 1.00 bits per heavy atom. The number of anilines is 2. The number of hydrogen-bond acceptors (Lipinski definition) is 2. The van der Waals surface area contributed by atoms with Gasteiger partial charge in [-0.05, 0) is 30.3 Å². The summed E-state index contributed by atoms with van der Waals surface area (Å²) in [6, 6.07) is 6.92. The molecule has 0 atom stereocenters. The lowest BCUT2D eigenvalue weighted by molar-refractivity contribution is -0.137. The molecule has 0 radical (unpaired) electrons. The van der Waals surface area contributed by atoms with Crippen LogP contribution in [0.5, 0.6) is 0 Å². The normalized spacial score (nSPS) is 11.0. The molecule has 1 N–H and O–H groups in total. The van der Waals surface area contributed by atoms with Gasteiger partial charge in [0.1, 0.15) is 11.6 Å². The maximum Gasteiger partial charge on any atom is 0.417 e. The minimum Gasteiger partial charge on any atom is -0.353 e. The molecule has 0 spiro atoms.